The zero-order valence-electron chi connectivity index (χ0n) is 6.63. The Balaban J connectivity index is 2.74. The zero-order chi connectivity index (χ0) is 8.32. The van der Waals surface area contributed by atoms with Crippen LogP contribution in [0.25, 0.3) is 0 Å². The first kappa shape index (κ1) is 8.24. The van der Waals surface area contributed by atoms with E-state index in [-0.39, 0.29) is 5.97 Å². The first-order chi connectivity index (χ1) is 5.25. The molecule has 0 aromatic carbocycles. The Bertz CT molecular complexity index is 168. The summed E-state index contributed by atoms with van der Waals surface area (Å²) in [6, 6.07) is 0. The van der Waals surface area contributed by atoms with Crippen molar-refractivity contribution in [1.82, 2.24) is 0 Å². The van der Waals surface area contributed by atoms with Crippen LogP contribution in [0.4, 0.5) is 0 Å². The number of esters is 1. The van der Waals surface area contributed by atoms with Gasteiger partial charge in [0.1, 0.15) is 11.7 Å². The molecule has 0 aliphatic heterocycles. The van der Waals surface area contributed by atoms with Crippen LogP contribution in [0.3, 0.4) is 0 Å². The average molecular weight is 156 g/mol. The Labute approximate surface area is 65.7 Å². The number of ether oxygens (including phenoxy) is 1. The fraction of sp³-hybridized carbons (Fsp3) is 0.750. The molecule has 0 atom stereocenters. The molecule has 0 spiro atoms. The SMILES string of the molecule is COC(=O)C1(C=O)CCCC1. The third kappa shape index (κ3) is 1.27. The van der Waals surface area contributed by atoms with Crippen LogP contribution >= 0.6 is 0 Å². The molecule has 0 bridgehead atoms. The van der Waals surface area contributed by atoms with Gasteiger partial charge < -0.3 is 9.53 Å². The largest absolute Gasteiger partial charge is 0.468 e. The van der Waals surface area contributed by atoms with E-state index in [1.807, 2.05) is 0 Å². The van der Waals surface area contributed by atoms with E-state index in [1.165, 1.54) is 7.11 Å². The highest BCUT2D eigenvalue weighted by Crippen LogP contribution is 2.36. The first-order valence-corrected chi connectivity index (χ1v) is 3.80. The molecule has 1 aliphatic carbocycles. The molecule has 0 amide bonds. The smallest absolute Gasteiger partial charge is 0.319 e. The average Bonchev–Trinajstić information content (AvgIpc) is 2.52. The van der Waals surface area contributed by atoms with Crippen molar-refractivity contribution in [3.05, 3.63) is 0 Å². The van der Waals surface area contributed by atoms with E-state index in [4.69, 9.17) is 0 Å². The van der Waals surface area contributed by atoms with Gasteiger partial charge in [-0.3, -0.25) is 4.79 Å². The quantitative estimate of drug-likeness (QED) is 0.339. The van der Waals surface area contributed by atoms with Gasteiger partial charge in [-0.2, -0.15) is 0 Å². The summed E-state index contributed by atoms with van der Waals surface area (Å²) in [6.45, 7) is 0. The Kier molecular flexibility index (Phi) is 2.27. The molecule has 0 radical (unpaired) electrons. The highest BCUT2D eigenvalue weighted by atomic mass is 16.5. The second-order valence-electron chi connectivity index (χ2n) is 2.97. The molecule has 1 aliphatic rings. The van der Waals surface area contributed by atoms with Crippen molar-refractivity contribution in [2.24, 2.45) is 5.41 Å². The summed E-state index contributed by atoms with van der Waals surface area (Å²) in [5.74, 6) is -0.370. The summed E-state index contributed by atoms with van der Waals surface area (Å²) in [5, 5.41) is 0. The van der Waals surface area contributed by atoms with E-state index in [0.717, 1.165) is 19.1 Å². The first-order valence-electron chi connectivity index (χ1n) is 3.80. The van der Waals surface area contributed by atoms with E-state index in [0.29, 0.717) is 12.8 Å². The number of carbonyl (C=O) groups is 2. The van der Waals surface area contributed by atoms with Crippen LogP contribution in [0.15, 0.2) is 0 Å². The van der Waals surface area contributed by atoms with Crippen LogP contribution in [0.5, 0.6) is 0 Å². The van der Waals surface area contributed by atoms with Gasteiger partial charge in [-0.25, -0.2) is 0 Å². The molecule has 0 saturated heterocycles. The summed E-state index contributed by atoms with van der Waals surface area (Å²) in [6.07, 6.45) is 3.96. The van der Waals surface area contributed by atoms with E-state index >= 15 is 0 Å². The van der Waals surface area contributed by atoms with E-state index in [9.17, 15) is 9.59 Å². The summed E-state index contributed by atoms with van der Waals surface area (Å²) >= 11 is 0. The highest BCUT2D eigenvalue weighted by molar-refractivity contribution is 5.93. The van der Waals surface area contributed by atoms with Gasteiger partial charge in [-0.1, -0.05) is 12.8 Å². The molecular weight excluding hydrogens is 144 g/mol. The number of hydrogen-bond acceptors (Lipinski definition) is 3. The Hall–Kier alpha value is -0.860. The maximum absolute atomic E-state index is 11.1. The van der Waals surface area contributed by atoms with E-state index in [2.05, 4.69) is 4.74 Å². The third-order valence-corrected chi connectivity index (χ3v) is 2.31. The van der Waals surface area contributed by atoms with Crippen LogP contribution in [0.2, 0.25) is 0 Å². The van der Waals surface area contributed by atoms with Crippen molar-refractivity contribution in [1.29, 1.82) is 0 Å². The highest BCUT2D eigenvalue weighted by Gasteiger charge is 2.41. The summed E-state index contributed by atoms with van der Waals surface area (Å²) in [7, 11) is 1.33. The number of carbonyl (C=O) groups excluding carboxylic acids is 2. The molecule has 0 N–H and O–H groups in total. The molecule has 11 heavy (non-hydrogen) atoms. The molecule has 1 fully saturated rings. The van der Waals surface area contributed by atoms with Gasteiger partial charge in [0, 0.05) is 0 Å². The fourth-order valence-corrected chi connectivity index (χ4v) is 1.58. The standard InChI is InChI=1S/C8H12O3/c1-11-7(10)8(6-9)4-2-3-5-8/h6H,2-5H2,1H3. The summed E-state index contributed by atoms with van der Waals surface area (Å²) in [4.78, 5) is 21.7. The van der Waals surface area contributed by atoms with Crippen molar-refractivity contribution < 1.29 is 14.3 Å². The number of methoxy groups -OCH3 is 1. The van der Waals surface area contributed by atoms with Crippen molar-refractivity contribution in [2.45, 2.75) is 25.7 Å². The summed E-state index contributed by atoms with van der Waals surface area (Å²) in [5.41, 5.74) is -0.797. The molecule has 62 valence electrons. The van der Waals surface area contributed by atoms with Crippen LogP contribution in [-0.4, -0.2) is 19.4 Å². The lowest BCUT2D eigenvalue weighted by atomic mass is 9.88. The molecule has 0 aromatic rings. The molecule has 0 unspecified atom stereocenters. The second kappa shape index (κ2) is 3.03. The number of aldehydes is 1. The fourth-order valence-electron chi connectivity index (χ4n) is 1.58. The van der Waals surface area contributed by atoms with Crippen molar-refractivity contribution in [3.63, 3.8) is 0 Å². The van der Waals surface area contributed by atoms with Gasteiger partial charge >= 0.3 is 5.97 Å². The van der Waals surface area contributed by atoms with Gasteiger partial charge in [-0.05, 0) is 12.8 Å². The monoisotopic (exact) mass is 156 g/mol. The number of rotatable bonds is 2. The number of hydrogen-bond donors (Lipinski definition) is 0. The van der Waals surface area contributed by atoms with Crippen LogP contribution < -0.4 is 0 Å². The van der Waals surface area contributed by atoms with Gasteiger partial charge in [0.05, 0.1) is 7.11 Å². The van der Waals surface area contributed by atoms with Crippen LogP contribution in [0, 0.1) is 5.41 Å². The minimum Gasteiger partial charge on any atom is -0.468 e. The molecule has 0 heterocycles. The Morgan fingerprint density at radius 3 is 2.36 bits per heavy atom. The van der Waals surface area contributed by atoms with E-state index in [1.54, 1.807) is 0 Å². The molecule has 3 nitrogen and oxygen atoms in total. The minimum atomic E-state index is -0.797. The molecular formula is C8H12O3. The lowest BCUT2D eigenvalue weighted by Crippen LogP contribution is -2.30. The maximum atomic E-state index is 11.1. The molecule has 1 rings (SSSR count). The molecule has 3 heteroatoms. The minimum absolute atomic E-state index is 0.370. The van der Waals surface area contributed by atoms with Crippen LogP contribution in [-0.2, 0) is 14.3 Å². The third-order valence-electron chi connectivity index (χ3n) is 2.31. The normalized spacial score (nSPS) is 21.2. The van der Waals surface area contributed by atoms with Crippen molar-refractivity contribution in [2.75, 3.05) is 7.11 Å². The van der Waals surface area contributed by atoms with Gasteiger partial charge in [0.15, 0.2) is 0 Å². The Morgan fingerprint density at radius 1 is 1.45 bits per heavy atom. The molecule has 1 saturated carbocycles. The van der Waals surface area contributed by atoms with Gasteiger partial charge in [-0.15, -0.1) is 0 Å². The van der Waals surface area contributed by atoms with E-state index < -0.39 is 5.41 Å². The zero-order valence-corrected chi connectivity index (χ0v) is 6.63. The maximum Gasteiger partial charge on any atom is 0.319 e. The topological polar surface area (TPSA) is 43.4 Å². The van der Waals surface area contributed by atoms with Crippen molar-refractivity contribution >= 4 is 12.3 Å². The Morgan fingerprint density at radius 2 is 2.00 bits per heavy atom. The predicted octanol–water partition coefficient (Wildman–Crippen LogP) is 0.919. The van der Waals surface area contributed by atoms with Gasteiger partial charge in [0.2, 0.25) is 0 Å². The van der Waals surface area contributed by atoms with Crippen molar-refractivity contribution in [3.8, 4) is 0 Å². The summed E-state index contributed by atoms with van der Waals surface area (Å²) < 4.78 is 4.56. The lowest BCUT2D eigenvalue weighted by Gasteiger charge is -2.17. The van der Waals surface area contributed by atoms with Crippen LogP contribution in [0.1, 0.15) is 25.7 Å². The lowest BCUT2D eigenvalue weighted by molar-refractivity contribution is -0.154. The predicted molar refractivity (Wildman–Crippen MR) is 39.0 cm³/mol. The van der Waals surface area contributed by atoms with Gasteiger partial charge in [0.25, 0.3) is 0 Å². The second-order valence-corrected chi connectivity index (χ2v) is 2.97. The molecule has 0 aromatic heterocycles.